The first-order chi connectivity index (χ1) is 17.6. The number of para-hydroxylation sites is 1. The lowest BCUT2D eigenvalue weighted by Crippen LogP contribution is -2.51. The van der Waals surface area contributed by atoms with Gasteiger partial charge in [-0.25, -0.2) is 12.8 Å². The molecule has 3 aromatic carbocycles. The van der Waals surface area contributed by atoms with Crippen LogP contribution in [0.4, 0.5) is 10.1 Å². The number of anilines is 1. The number of nitrogens with zero attached hydrogens (tertiary/aromatic N) is 2. The molecule has 3 aromatic rings. The highest BCUT2D eigenvalue weighted by Crippen LogP contribution is 2.31. The summed E-state index contributed by atoms with van der Waals surface area (Å²) in [6.45, 7) is 4.52. The van der Waals surface area contributed by atoms with Crippen LogP contribution in [0.1, 0.15) is 25.0 Å². The zero-order chi connectivity index (χ0) is 27.2. The van der Waals surface area contributed by atoms with Crippen LogP contribution < -0.4 is 9.62 Å². The van der Waals surface area contributed by atoms with Crippen molar-refractivity contribution < 1.29 is 22.4 Å². The summed E-state index contributed by atoms with van der Waals surface area (Å²) in [6.07, 6.45) is 0. The molecule has 0 unspecified atom stereocenters. The van der Waals surface area contributed by atoms with E-state index >= 15 is 0 Å². The maximum atomic E-state index is 14.5. The SMILES string of the molecule is CCNC(=O)[C@@H](C)N(Cc1ccccc1F)C(=O)CN(c1ccccc1Cl)S(=O)(=O)c1ccc(C)cc1. The Morgan fingerprint density at radius 1 is 1.00 bits per heavy atom. The van der Waals surface area contributed by atoms with Gasteiger partial charge in [-0.3, -0.25) is 13.9 Å². The second-order valence-corrected chi connectivity index (χ2v) is 10.7. The summed E-state index contributed by atoms with van der Waals surface area (Å²) in [5, 5.41) is 2.79. The summed E-state index contributed by atoms with van der Waals surface area (Å²) in [6, 6.07) is 17.4. The van der Waals surface area contributed by atoms with E-state index in [-0.39, 0.29) is 27.7 Å². The third kappa shape index (κ3) is 6.67. The molecule has 10 heteroatoms. The Morgan fingerprint density at radius 2 is 1.62 bits per heavy atom. The zero-order valence-corrected chi connectivity index (χ0v) is 22.4. The average Bonchev–Trinajstić information content (AvgIpc) is 2.87. The summed E-state index contributed by atoms with van der Waals surface area (Å²) in [5.74, 6) is -1.69. The van der Waals surface area contributed by atoms with Crippen LogP contribution in [0, 0.1) is 12.7 Å². The van der Waals surface area contributed by atoms with Gasteiger partial charge in [0.05, 0.1) is 15.6 Å². The van der Waals surface area contributed by atoms with Crippen LogP contribution in [0.3, 0.4) is 0 Å². The van der Waals surface area contributed by atoms with Gasteiger partial charge in [0.1, 0.15) is 18.4 Å². The number of aryl methyl sites for hydroxylation is 1. The van der Waals surface area contributed by atoms with Crippen LogP contribution in [0.5, 0.6) is 0 Å². The van der Waals surface area contributed by atoms with Gasteiger partial charge < -0.3 is 10.2 Å². The van der Waals surface area contributed by atoms with Crippen LogP contribution in [0.2, 0.25) is 5.02 Å². The number of benzene rings is 3. The van der Waals surface area contributed by atoms with Crippen molar-refractivity contribution in [2.45, 2.75) is 38.3 Å². The Hall–Kier alpha value is -3.43. The van der Waals surface area contributed by atoms with Crippen molar-refractivity contribution in [2.75, 3.05) is 17.4 Å². The fraction of sp³-hybridized carbons (Fsp3) is 0.259. The van der Waals surface area contributed by atoms with Crippen molar-refractivity contribution in [3.63, 3.8) is 0 Å². The lowest BCUT2D eigenvalue weighted by atomic mass is 10.1. The number of halogens is 2. The Balaban J connectivity index is 2.05. The summed E-state index contributed by atoms with van der Waals surface area (Å²) in [4.78, 5) is 27.5. The van der Waals surface area contributed by atoms with Gasteiger partial charge in [-0.2, -0.15) is 0 Å². The molecular weight excluding hydrogens is 517 g/mol. The number of rotatable bonds is 10. The first-order valence-corrected chi connectivity index (χ1v) is 13.5. The molecule has 0 fully saturated rings. The van der Waals surface area contributed by atoms with Crippen LogP contribution in [-0.4, -0.2) is 44.3 Å². The minimum Gasteiger partial charge on any atom is -0.355 e. The highest BCUT2D eigenvalue weighted by molar-refractivity contribution is 7.92. The van der Waals surface area contributed by atoms with Crippen LogP contribution in [-0.2, 0) is 26.2 Å². The molecule has 0 bridgehead atoms. The van der Waals surface area contributed by atoms with Gasteiger partial charge in [0, 0.05) is 18.7 Å². The molecule has 2 amide bonds. The van der Waals surface area contributed by atoms with Crippen molar-refractivity contribution in [2.24, 2.45) is 0 Å². The van der Waals surface area contributed by atoms with Crippen LogP contribution >= 0.6 is 11.6 Å². The molecule has 196 valence electrons. The van der Waals surface area contributed by atoms with E-state index < -0.39 is 40.2 Å². The van der Waals surface area contributed by atoms with Crippen LogP contribution in [0.15, 0.2) is 77.7 Å². The molecule has 37 heavy (non-hydrogen) atoms. The van der Waals surface area contributed by atoms with E-state index in [1.165, 1.54) is 49.4 Å². The molecule has 0 aromatic heterocycles. The Kier molecular flexibility index (Phi) is 9.29. The predicted molar refractivity (Wildman–Crippen MR) is 142 cm³/mol. The fourth-order valence-electron chi connectivity index (χ4n) is 3.72. The van der Waals surface area contributed by atoms with Crippen molar-refractivity contribution >= 4 is 39.1 Å². The van der Waals surface area contributed by atoms with Crippen molar-refractivity contribution in [1.82, 2.24) is 10.2 Å². The molecular formula is C27H29ClFN3O4S. The molecule has 0 saturated carbocycles. The predicted octanol–water partition coefficient (Wildman–Crippen LogP) is 4.54. The number of hydrogen-bond acceptors (Lipinski definition) is 4. The molecule has 3 rings (SSSR count). The van der Waals surface area contributed by atoms with Gasteiger partial charge >= 0.3 is 0 Å². The maximum absolute atomic E-state index is 14.5. The van der Waals surface area contributed by atoms with E-state index in [4.69, 9.17) is 11.6 Å². The van der Waals surface area contributed by atoms with Gasteiger partial charge in [0.15, 0.2) is 0 Å². The Morgan fingerprint density at radius 3 is 2.24 bits per heavy atom. The number of hydrogen-bond donors (Lipinski definition) is 1. The average molecular weight is 546 g/mol. The van der Waals surface area contributed by atoms with E-state index in [1.54, 1.807) is 37.3 Å². The van der Waals surface area contributed by atoms with Crippen LogP contribution in [0.25, 0.3) is 0 Å². The highest BCUT2D eigenvalue weighted by Gasteiger charge is 2.33. The molecule has 0 spiro atoms. The smallest absolute Gasteiger partial charge is 0.264 e. The van der Waals surface area contributed by atoms with Gasteiger partial charge in [0.2, 0.25) is 11.8 Å². The monoisotopic (exact) mass is 545 g/mol. The molecule has 1 atom stereocenters. The van der Waals surface area contributed by atoms with E-state index in [1.807, 2.05) is 6.92 Å². The second kappa shape index (κ2) is 12.2. The minimum absolute atomic E-state index is 0.0248. The van der Waals surface area contributed by atoms with E-state index in [0.29, 0.717) is 6.54 Å². The highest BCUT2D eigenvalue weighted by atomic mass is 35.5. The molecule has 7 nitrogen and oxygen atoms in total. The fourth-order valence-corrected chi connectivity index (χ4v) is 5.44. The molecule has 1 N–H and O–H groups in total. The van der Waals surface area contributed by atoms with Gasteiger partial charge in [-0.15, -0.1) is 0 Å². The number of carbonyl (C=O) groups excluding carboxylic acids is 2. The zero-order valence-electron chi connectivity index (χ0n) is 20.8. The molecule has 0 heterocycles. The standard InChI is InChI=1S/C27H29ClFN3O4S/c1-4-30-27(34)20(3)31(17-21-9-5-7-11-24(21)29)26(33)18-32(25-12-8-6-10-23(25)28)37(35,36)22-15-13-19(2)14-16-22/h5-16,20H,4,17-18H2,1-3H3,(H,30,34)/t20-/m1/s1. The van der Waals surface area contributed by atoms with Crippen molar-refractivity contribution in [1.29, 1.82) is 0 Å². The van der Waals surface area contributed by atoms with Gasteiger partial charge in [-0.1, -0.05) is 59.6 Å². The van der Waals surface area contributed by atoms with Gasteiger partial charge in [0.25, 0.3) is 10.0 Å². The quantitative estimate of drug-likeness (QED) is 0.405. The van der Waals surface area contributed by atoms with E-state index in [9.17, 15) is 22.4 Å². The summed E-state index contributed by atoms with van der Waals surface area (Å²) in [5.41, 5.74) is 1.17. The number of sulfonamides is 1. The Labute approximate surface area is 221 Å². The first-order valence-electron chi connectivity index (χ1n) is 11.7. The molecule has 0 aliphatic rings. The largest absolute Gasteiger partial charge is 0.355 e. The van der Waals surface area contributed by atoms with E-state index in [2.05, 4.69) is 5.32 Å². The normalized spacial score (nSPS) is 12.0. The summed E-state index contributed by atoms with van der Waals surface area (Å²) >= 11 is 6.36. The maximum Gasteiger partial charge on any atom is 0.264 e. The number of carbonyl (C=O) groups is 2. The molecule has 0 saturated heterocycles. The third-order valence-corrected chi connectivity index (χ3v) is 7.92. The first kappa shape index (κ1) is 28.1. The topological polar surface area (TPSA) is 86.8 Å². The molecule has 0 aliphatic heterocycles. The van der Waals surface area contributed by atoms with Crippen molar-refractivity contribution in [3.05, 3.63) is 94.8 Å². The number of likely N-dealkylation sites (N-methyl/N-ethyl adjacent to an activating group) is 1. The lowest BCUT2D eigenvalue weighted by Gasteiger charge is -2.32. The third-order valence-electron chi connectivity index (χ3n) is 5.83. The number of amides is 2. The van der Waals surface area contributed by atoms with E-state index in [0.717, 1.165) is 14.8 Å². The Bertz CT molecular complexity index is 1370. The summed E-state index contributed by atoms with van der Waals surface area (Å²) in [7, 11) is -4.23. The molecule has 0 aliphatic carbocycles. The molecule has 0 radical (unpaired) electrons. The van der Waals surface area contributed by atoms with Gasteiger partial charge in [-0.05, 0) is 51.1 Å². The van der Waals surface area contributed by atoms with Crippen molar-refractivity contribution in [3.8, 4) is 0 Å². The number of nitrogens with one attached hydrogen (secondary N) is 1. The lowest BCUT2D eigenvalue weighted by molar-refractivity contribution is -0.139. The summed E-state index contributed by atoms with van der Waals surface area (Å²) < 4.78 is 42.9. The minimum atomic E-state index is -4.23. The second-order valence-electron chi connectivity index (χ2n) is 8.46.